The summed E-state index contributed by atoms with van der Waals surface area (Å²) in [6, 6.07) is 6.27. The Hall–Kier alpha value is -0.790. The molecule has 1 aliphatic carbocycles. The number of nitrogens with one attached hydrogen (secondary N) is 1. The van der Waals surface area contributed by atoms with E-state index in [0.717, 1.165) is 24.5 Å². The lowest BCUT2D eigenvalue weighted by Gasteiger charge is -2.28. The first-order chi connectivity index (χ1) is 8.21. The van der Waals surface area contributed by atoms with Gasteiger partial charge in [0, 0.05) is 10.4 Å². The van der Waals surface area contributed by atoms with Gasteiger partial charge in [0.2, 0.25) is 0 Å². The molecule has 17 heavy (non-hydrogen) atoms. The minimum atomic E-state index is 0.302. The standard InChI is InChI=1S/C15H18ClN/c1-11-14-9-13(16)4-3-12(14)10-15(11)5-2-7-17-8-6-15/h3-4,9,17H,1-2,5-8,10H2. The highest BCUT2D eigenvalue weighted by atomic mass is 35.5. The molecule has 1 spiro atoms. The topological polar surface area (TPSA) is 12.0 Å². The van der Waals surface area contributed by atoms with Crippen LogP contribution in [-0.2, 0) is 6.42 Å². The summed E-state index contributed by atoms with van der Waals surface area (Å²) in [7, 11) is 0. The second-order valence-corrected chi connectivity index (χ2v) is 5.78. The molecule has 90 valence electrons. The zero-order chi connectivity index (χ0) is 11.9. The number of halogens is 1. The fourth-order valence-corrected chi connectivity index (χ4v) is 3.52. The molecule has 0 amide bonds. The van der Waals surface area contributed by atoms with Crippen LogP contribution in [0.3, 0.4) is 0 Å². The maximum atomic E-state index is 6.09. The molecule has 1 N–H and O–H groups in total. The summed E-state index contributed by atoms with van der Waals surface area (Å²) < 4.78 is 0. The Bertz CT molecular complexity index is 456. The normalized spacial score (nSPS) is 28.2. The number of hydrogen-bond donors (Lipinski definition) is 1. The van der Waals surface area contributed by atoms with Crippen LogP contribution in [-0.4, -0.2) is 13.1 Å². The highest BCUT2D eigenvalue weighted by molar-refractivity contribution is 6.30. The van der Waals surface area contributed by atoms with E-state index >= 15 is 0 Å². The monoisotopic (exact) mass is 247 g/mol. The molecular formula is C15H18ClN. The second kappa shape index (κ2) is 4.15. The third-order valence-electron chi connectivity index (χ3n) is 4.36. The zero-order valence-corrected chi connectivity index (χ0v) is 10.8. The van der Waals surface area contributed by atoms with Crippen LogP contribution in [0.1, 0.15) is 30.4 Å². The van der Waals surface area contributed by atoms with E-state index in [9.17, 15) is 0 Å². The quantitative estimate of drug-likeness (QED) is 0.738. The van der Waals surface area contributed by atoms with Crippen molar-refractivity contribution < 1.29 is 0 Å². The molecule has 1 saturated heterocycles. The third kappa shape index (κ3) is 1.82. The van der Waals surface area contributed by atoms with E-state index in [1.807, 2.05) is 6.07 Å². The molecule has 1 nitrogen and oxygen atoms in total. The molecule has 2 heteroatoms. The first-order valence-corrected chi connectivity index (χ1v) is 6.78. The van der Waals surface area contributed by atoms with E-state index < -0.39 is 0 Å². The minimum Gasteiger partial charge on any atom is -0.317 e. The summed E-state index contributed by atoms with van der Waals surface area (Å²) in [5.74, 6) is 0. The third-order valence-corrected chi connectivity index (χ3v) is 4.59. The van der Waals surface area contributed by atoms with Gasteiger partial charge in [0.1, 0.15) is 0 Å². The molecule has 0 saturated carbocycles. The van der Waals surface area contributed by atoms with Crippen LogP contribution in [0, 0.1) is 5.41 Å². The van der Waals surface area contributed by atoms with Crippen LogP contribution in [0.2, 0.25) is 5.02 Å². The van der Waals surface area contributed by atoms with Gasteiger partial charge >= 0.3 is 0 Å². The number of hydrogen-bond acceptors (Lipinski definition) is 1. The van der Waals surface area contributed by atoms with Gasteiger partial charge in [0.25, 0.3) is 0 Å². The Morgan fingerprint density at radius 3 is 3.00 bits per heavy atom. The maximum Gasteiger partial charge on any atom is 0.0412 e. The van der Waals surface area contributed by atoms with E-state index in [1.54, 1.807) is 0 Å². The van der Waals surface area contributed by atoms with Gasteiger partial charge in [-0.05, 0) is 67.6 Å². The largest absolute Gasteiger partial charge is 0.317 e. The van der Waals surface area contributed by atoms with Crippen molar-refractivity contribution in [2.45, 2.75) is 25.7 Å². The van der Waals surface area contributed by atoms with Gasteiger partial charge in [-0.25, -0.2) is 0 Å². The van der Waals surface area contributed by atoms with Gasteiger partial charge in [-0.3, -0.25) is 0 Å². The van der Waals surface area contributed by atoms with Gasteiger partial charge in [-0.15, -0.1) is 0 Å². The molecule has 1 fully saturated rings. The van der Waals surface area contributed by atoms with Crippen molar-refractivity contribution in [2.75, 3.05) is 13.1 Å². The zero-order valence-electron chi connectivity index (χ0n) is 10.1. The van der Waals surface area contributed by atoms with Crippen molar-refractivity contribution in [3.63, 3.8) is 0 Å². The summed E-state index contributed by atoms with van der Waals surface area (Å²) in [5, 5.41) is 4.32. The van der Waals surface area contributed by atoms with Gasteiger partial charge in [0.05, 0.1) is 0 Å². The van der Waals surface area contributed by atoms with Gasteiger partial charge in [-0.1, -0.05) is 24.2 Å². The smallest absolute Gasteiger partial charge is 0.0412 e. The highest BCUT2D eigenvalue weighted by Crippen LogP contribution is 2.51. The molecule has 0 radical (unpaired) electrons. The van der Waals surface area contributed by atoms with Crippen molar-refractivity contribution in [2.24, 2.45) is 5.41 Å². The Kier molecular flexibility index (Phi) is 2.76. The summed E-state index contributed by atoms with van der Waals surface area (Å²) in [6.07, 6.45) is 4.87. The van der Waals surface area contributed by atoms with Gasteiger partial charge < -0.3 is 5.32 Å². The highest BCUT2D eigenvalue weighted by Gasteiger charge is 2.40. The fourth-order valence-electron chi connectivity index (χ4n) is 3.35. The lowest BCUT2D eigenvalue weighted by atomic mass is 9.75. The van der Waals surface area contributed by atoms with Crippen molar-refractivity contribution in [3.8, 4) is 0 Å². The van der Waals surface area contributed by atoms with Crippen LogP contribution < -0.4 is 5.32 Å². The second-order valence-electron chi connectivity index (χ2n) is 5.34. The molecule has 1 atom stereocenters. The van der Waals surface area contributed by atoms with Crippen LogP contribution >= 0.6 is 11.6 Å². The molecular weight excluding hydrogens is 230 g/mol. The Balaban J connectivity index is 1.99. The average Bonchev–Trinajstić information content (AvgIpc) is 2.51. The molecule has 0 aromatic heterocycles. The average molecular weight is 248 g/mol. The van der Waals surface area contributed by atoms with Crippen molar-refractivity contribution >= 4 is 17.2 Å². The summed E-state index contributed by atoms with van der Waals surface area (Å²) >= 11 is 6.09. The predicted molar refractivity (Wildman–Crippen MR) is 73.3 cm³/mol. The number of fused-ring (bicyclic) bond motifs is 1. The van der Waals surface area contributed by atoms with E-state index in [-0.39, 0.29) is 0 Å². The molecule has 1 aromatic carbocycles. The molecule has 0 bridgehead atoms. The van der Waals surface area contributed by atoms with Crippen molar-refractivity contribution in [1.82, 2.24) is 5.32 Å². The van der Waals surface area contributed by atoms with E-state index in [4.69, 9.17) is 11.6 Å². The fraction of sp³-hybridized carbons (Fsp3) is 0.467. The summed E-state index contributed by atoms with van der Waals surface area (Å²) in [5.41, 5.74) is 4.36. The molecule has 2 aliphatic rings. The lowest BCUT2D eigenvalue weighted by molar-refractivity contribution is 0.367. The molecule has 3 rings (SSSR count). The van der Waals surface area contributed by atoms with E-state index in [2.05, 4.69) is 24.0 Å². The summed E-state index contributed by atoms with van der Waals surface area (Å²) in [6.45, 7) is 6.63. The first-order valence-electron chi connectivity index (χ1n) is 6.40. The van der Waals surface area contributed by atoms with E-state index in [0.29, 0.717) is 5.41 Å². The Morgan fingerprint density at radius 2 is 2.12 bits per heavy atom. The van der Waals surface area contributed by atoms with Gasteiger partial charge in [0.15, 0.2) is 0 Å². The number of rotatable bonds is 0. The van der Waals surface area contributed by atoms with Crippen molar-refractivity contribution in [1.29, 1.82) is 0 Å². The predicted octanol–water partition coefficient (Wildman–Crippen LogP) is 3.67. The Labute approximate surface area is 108 Å². The molecule has 1 heterocycles. The van der Waals surface area contributed by atoms with Crippen LogP contribution in [0.25, 0.3) is 5.57 Å². The van der Waals surface area contributed by atoms with Gasteiger partial charge in [-0.2, -0.15) is 0 Å². The maximum absolute atomic E-state index is 6.09. The lowest BCUT2D eigenvalue weighted by Crippen LogP contribution is -2.22. The minimum absolute atomic E-state index is 0.302. The summed E-state index contributed by atoms with van der Waals surface area (Å²) in [4.78, 5) is 0. The molecule has 1 unspecified atom stereocenters. The molecule has 1 aliphatic heterocycles. The Morgan fingerprint density at radius 1 is 1.24 bits per heavy atom. The number of benzene rings is 1. The number of allylic oxidation sites excluding steroid dienone is 1. The van der Waals surface area contributed by atoms with Crippen molar-refractivity contribution in [3.05, 3.63) is 40.9 Å². The SMILES string of the molecule is C=C1c2cc(Cl)ccc2CC12CCCNCC2. The molecule has 1 aromatic rings. The van der Waals surface area contributed by atoms with Crippen LogP contribution in [0.15, 0.2) is 24.8 Å². The van der Waals surface area contributed by atoms with Crippen LogP contribution in [0.5, 0.6) is 0 Å². The van der Waals surface area contributed by atoms with E-state index in [1.165, 1.54) is 36.0 Å². The first kappa shape index (κ1) is 11.3. The van der Waals surface area contributed by atoms with Crippen LogP contribution in [0.4, 0.5) is 0 Å².